The molecule has 2 fully saturated rings. The molecule has 2 aliphatic rings. The largest absolute Gasteiger partial charge is 0.468 e. The first-order chi connectivity index (χ1) is 10.7. The Bertz CT molecular complexity index is 477. The lowest BCUT2D eigenvalue weighted by Gasteiger charge is -2.37. The SMILES string of the molecule is COC(=O)C1CCN(C2CCN(C(=O)OC(C)(C)C)CC2)C1=O. The fraction of sp³-hybridized carbons (Fsp3) is 0.812. The summed E-state index contributed by atoms with van der Waals surface area (Å²) in [6.07, 6.45) is 1.62. The van der Waals surface area contributed by atoms with Gasteiger partial charge < -0.3 is 19.3 Å². The van der Waals surface area contributed by atoms with Crippen LogP contribution in [0.5, 0.6) is 0 Å². The van der Waals surface area contributed by atoms with E-state index in [0.717, 1.165) is 0 Å². The first kappa shape index (κ1) is 17.6. The second-order valence-corrected chi connectivity index (χ2v) is 7.09. The fourth-order valence-corrected chi connectivity index (χ4v) is 3.11. The number of piperidine rings is 1. The Morgan fingerprint density at radius 3 is 2.22 bits per heavy atom. The molecule has 7 nitrogen and oxygen atoms in total. The van der Waals surface area contributed by atoms with Gasteiger partial charge in [0.05, 0.1) is 7.11 Å². The number of amides is 2. The van der Waals surface area contributed by atoms with Crippen LogP contribution in [0.25, 0.3) is 0 Å². The molecule has 23 heavy (non-hydrogen) atoms. The molecule has 0 aliphatic carbocycles. The van der Waals surface area contributed by atoms with E-state index in [9.17, 15) is 14.4 Å². The van der Waals surface area contributed by atoms with E-state index >= 15 is 0 Å². The van der Waals surface area contributed by atoms with E-state index in [1.165, 1.54) is 7.11 Å². The average Bonchev–Trinajstić information content (AvgIpc) is 2.86. The number of nitrogens with zero attached hydrogens (tertiary/aromatic N) is 2. The van der Waals surface area contributed by atoms with Crippen LogP contribution in [0.4, 0.5) is 4.79 Å². The zero-order valence-electron chi connectivity index (χ0n) is 14.3. The van der Waals surface area contributed by atoms with Gasteiger partial charge >= 0.3 is 12.1 Å². The quantitative estimate of drug-likeness (QED) is 0.566. The van der Waals surface area contributed by atoms with E-state index in [1.807, 2.05) is 20.8 Å². The Labute approximate surface area is 136 Å². The number of hydrogen-bond acceptors (Lipinski definition) is 5. The zero-order valence-corrected chi connectivity index (χ0v) is 14.3. The van der Waals surface area contributed by atoms with Gasteiger partial charge in [-0.1, -0.05) is 0 Å². The third kappa shape index (κ3) is 4.14. The number of likely N-dealkylation sites (tertiary alicyclic amines) is 2. The molecule has 0 aromatic carbocycles. The van der Waals surface area contributed by atoms with Gasteiger partial charge in [-0.15, -0.1) is 0 Å². The standard InChI is InChI=1S/C16H26N2O5/c1-16(2,3)23-15(21)17-8-5-11(6-9-17)18-10-7-12(13(18)19)14(20)22-4/h11-12H,5-10H2,1-4H3. The van der Waals surface area contributed by atoms with Gasteiger partial charge in [-0.05, 0) is 40.0 Å². The van der Waals surface area contributed by atoms with E-state index < -0.39 is 17.5 Å². The van der Waals surface area contributed by atoms with Gasteiger partial charge in [-0.25, -0.2) is 4.79 Å². The Balaban J connectivity index is 1.87. The van der Waals surface area contributed by atoms with Gasteiger partial charge in [-0.2, -0.15) is 0 Å². The summed E-state index contributed by atoms with van der Waals surface area (Å²) < 4.78 is 10.0. The highest BCUT2D eigenvalue weighted by Crippen LogP contribution is 2.27. The summed E-state index contributed by atoms with van der Waals surface area (Å²) in [7, 11) is 1.30. The van der Waals surface area contributed by atoms with Crippen LogP contribution >= 0.6 is 0 Å². The van der Waals surface area contributed by atoms with E-state index in [4.69, 9.17) is 4.74 Å². The second-order valence-electron chi connectivity index (χ2n) is 7.09. The van der Waals surface area contributed by atoms with Crippen molar-refractivity contribution in [3.8, 4) is 0 Å². The fourth-order valence-electron chi connectivity index (χ4n) is 3.11. The van der Waals surface area contributed by atoms with Gasteiger partial charge in [0.25, 0.3) is 0 Å². The highest BCUT2D eigenvalue weighted by atomic mass is 16.6. The molecule has 2 amide bonds. The molecule has 0 spiro atoms. The first-order valence-corrected chi connectivity index (χ1v) is 8.09. The molecular weight excluding hydrogens is 300 g/mol. The normalized spacial score (nSPS) is 23.1. The third-order valence-electron chi connectivity index (χ3n) is 4.28. The first-order valence-electron chi connectivity index (χ1n) is 8.09. The highest BCUT2D eigenvalue weighted by Gasteiger charge is 2.41. The van der Waals surface area contributed by atoms with Crippen LogP contribution in [-0.4, -0.2) is 66.2 Å². The van der Waals surface area contributed by atoms with Crippen LogP contribution in [-0.2, 0) is 19.1 Å². The molecule has 0 N–H and O–H groups in total. The zero-order chi connectivity index (χ0) is 17.2. The van der Waals surface area contributed by atoms with Gasteiger partial charge in [0, 0.05) is 25.7 Å². The van der Waals surface area contributed by atoms with Crippen molar-refractivity contribution in [3.05, 3.63) is 0 Å². The minimum absolute atomic E-state index is 0.0795. The molecule has 0 saturated carbocycles. The number of hydrogen-bond donors (Lipinski definition) is 0. The van der Waals surface area contributed by atoms with Crippen LogP contribution in [0.1, 0.15) is 40.0 Å². The van der Waals surface area contributed by atoms with Crippen molar-refractivity contribution in [3.63, 3.8) is 0 Å². The number of esters is 1. The van der Waals surface area contributed by atoms with Gasteiger partial charge in [0.1, 0.15) is 11.5 Å². The smallest absolute Gasteiger partial charge is 0.410 e. The molecule has 0 aromatic heterocycles. The molecule has 0 radical (unpaired) electrons. The Morgan fingerprint density at radius 2 is 1.70 bits per heavy atom. The molecule has 2 aliphatic heterocycles. The van der Waals surface area contributed by atoms with Crippen LogP contribution < -0.4 is 0 Å². The van der Waals surface area contributed by atoms with Crippen molar-refractivity contribution in [2.24, 2.45) is 5.92 Å². The number of carbonyl (C=O) groups excluding carboxylic acids is 3. The summed E-state index contributed by atoms with van der Waals surface area (Å²) in [6, 6.07) is 0.0795. The molecule has 0 aromatic rings. The maximum atomic E-state index is 12.3. The Hall–Kier alpha value is -1.79. The molecule has 1 atom stereocenters. The molecule has 2 rings (SSSR count). The van der Waals surface area contributed by atoms with Crippen LogP contribution in [0.3, 0.4) is 0 Å². The van der Waals surface area contributed by atoms with Crippen LogP contribution in [0, 0.1) is 5.92 Å². The molecular formula is C16H26N2O5. The lowest BCUT2D eigenvalue weighted by Crippen LogP contribution is -2.48. The highest BCUT2D eigenvalue weighted by molar-refractivity contribution is 5.99. The predicted molar refractivity (Wildman–Crippen MR) is 82.7 cm³/mol. The third-order valence-corrected chi connectivity index (χ3v) is 4.28. The van der Waals surface area contributed by atoms with Gasteiger partial charge in [-0.3, -0.25) is 9.59 Å². The minimum Gasteiger partial charge on any atom is -0.468 e. The van der Waals surface area contributed by atoms with Crippen molar-refractivity contribution in [1.82, 2.24) is 9.80 Å². The van der Waals surface area contributed by atoms with Crippen molar-refractivity contribution < 1.29 is 23.9 Å². The Morgan fingerprint density at radius 1 is 1.09 bits per heavy atom. The Kier molecular flexibility index (Phi) is 5.16. The lowest BCUT2D eigenvalue weighted by molar-refractivity contribution is -0.151. The monoisotopic (exact) mass is 326 g/mol. The number of methoxy groups -OCH3 is 1. The van der Waals surface area contributed by atoms with Crippen molar-refractivity contribution >= 4 is 18.0 Å². The van der Waals surface area contributed by atoms with E-state index in [1.54, 1.807) is 9.80 Å². The summed E-state index contributed by atoms with van der Waals surface area (Å²) in [5, 5.41) is 0. The molecule has 2 heterocycles. The van der Waals surface area contributed by atoms with E-state index in [2.05, 4.69) is 4.74 Å². The summed E-state index contributed by atoms with van der Waals surface area (Å²) in [5.74, 6) is -1.26. The molecule has 0 bridgehead atoms. The predicted octanol–water partition coefficient (Wildman–Crippen LogP) is 1.41. The molecule has 130 valence electrons. The number of carbonyl (C=O) groups is 3. The lowest BCUT2D eigenvalue weighted by atomic mass is 10.0. The maximum absolute atomic E-state index is 12.3. The van der Waals surface area contributed by atoms with Gasteiger partial charge in [0.2, 0.25) is 5.91 Å². The van der Waals surface area contributed by atoms with Crippen LogP contribution in [0.15, 0.2) is 0 Å². The van der Waals surface area contributed by atoms with Crippen molar-refractivity contribution in [2.75, 3.05) is 26.7 Å². The van der Waals surface area contributed by atoms with E-state index in [0.29, 0.717) is 38.9 Å². The average molecular weight is 326 g/mol. The summed E-state index contributed by atoms with van der Waals surface area (Å²) >= 11 is 0. The number of ether oxygens (including phenoxy) is 2. The van der Waals surface area contributed by atoms with Crippen molar-refractivity contribution in [2.45, 2.75) is 51.7 Å². The minimum atomic E-state index is -0.663. The molecule has 2 saturated heterocycles. The second kappa shape index (κ2) is 6.76. The topological polar surface area (TPSA) is 76.2 Å². The summed E-state index contributed by atoms with van der Waals surface area (Å²) in [5.41, 5.74) is -0.507. The van der Waals surface area contributed by atoms with Crippen LogP contribution in [0.2, 0.25) is 0 Å². The molecule has 7 heteroatoms. The summed E-state index contributed by atoms with van der Waals surface area (Å²) in [6.45, 7) is 7.22. The van der Waals surface area contributed by atoms with E-state index in [-0.39, 0.29) is 18.0 Å². The molecule has 1 unspecified atom stereocenters. The summed E-state index contributed by atoms with van der Waals surface area (Å²) in [4.78, 5) is 39.4. The van der Waals surface area contributed by atoms with Crippen molar-refractivity contribution in [1.29, 1.82) is 0 Å². The number of rotatable bonds is 2. The van der Waals surface area contributed by atoms with Gasteiger partial charge in [0.15, 0.2) is 0 Å². The maximum Gasteiger partial charge on any atom is 0.410 e.